The SMILES string of the molecule is CCN1CCN(Cc2ccc(CNCc3ccco3)cc2)CC1. The highest BCUT2D eigenvalue weighted by Gasteiger charge is 2.15. The van der Waals surface area contributed by atoms with E-state index in [-0.39, 0.29) is 0 Å². The summed E-state index contributed by atoms with van der Waals surface area (Å²) in [6.07, 6.45) is 1.71. The number of furan rings is 1. The number of nitrogens with zero attached hydrogens (tertiary/aromatic N) is 2. The Morgan fingerprint density at radius 2 is 1.61 bits per heavy atom. The zero-order valence-corrected chi connectivity index (χ0v) is 14.0. The molecule has 1 aromatic carbocycles. The molecular weight excluding hydrogens is 286 g/mol. The van der Waals surface area contributed by atoms with E-state index in [2.05, 4.69) is 46.3 Å². The van der Waals surface area contributed by atoms with Crippen molar-refractivity contribution >= 4 is 0 Å². The van der Waals surface area contributed by atoms with E-state index in [0.29, 0.717) is 0 Å². The van der Waals surface area contributed by atoms with Crippen molar-refractivity contribution in [2.24, 2.45) is 0 Å². The van der Waals surface area contributed by atoms with E-state index in [1.54, 1.807) is 6.26 Å². The van der Waals surface area contributed by atoms with Crippen molar-refractivity contribution in [1.29, 1.82) is 0 Å². The maximum atomic E-state index is 5.32. The molecule has 23 heavy (non-hydrogen) atoms. The molecule has 1 aliphatic heterocycles. The van der Waals surface area contributed by atoms with Gasteiger partial charge in [0, 0.05) is 39.3 Å². The molecule has 0 bridgehead atoms. The van der Waals surface area contributed by atoms with Gasteiger partial charge in [0.2, 0.25) is 0 Å². The Hall–Kier alpha value is -1.62. The molecule has 124 valence electrons. The second-order valence-corrected chi connectivity index (χ2v) is 6.21. The Labute approximate surface area is 139 Å². The van der Waals surface area contributed by atoms with Crippen LogP contribution in [0.3, 0.4) is 0 Å². The van der Waals surface area contributed by atoms with Crippen LogP contribution in [0.1, 0.15) is 23.8 Å². The lowest BCUT2D eigenvalue weighted by atomic mass is 10.1. The quantitative estimate of drug-likeness (QED) is 0.852. The summed E-state index contributed by atoms with van der Waals surface area (Å²) in [5, 5.41) is 3.41. The normalized spacial score (nSPS) is 16.7. The largest absolute Gasteiger partial charge is 0.468 e. The van der Waals surface area contributed by atoms with Crippen LogP contribution in [0.4, 0.5) is 0 Å². The van der Waals surface area contributed by atoms with Gasteiger partial charge in [0.05, 0.1) is 12.8 Å². The van der Waals surface area contributed by atoms with E-state index < -0.39 is 0 Å². The first kappa shape index (κ1) is 16.2. The van der Waals surface area contributed by atoms with Crippen LogP contribution in [-0.4, -0.2) is 42.5 Å². The zero-order valence-electron chi connectivity index (χ0n) is 14.0. The summed E-state index contributed by atoms with van der Waals surface area (Å²) in [4.78, 5) is 5.07. The number of hydrogen-bond acceptors (Lipinski definition) is 4. The minimum atomic E-state index is 0.774. The third-order valence-corrected chi connectivity index (χ3v) is 4.55. The van der Waals surface area contributed by atoms with Crippen LogP contribution >= 0.6 is 0 Å². The molecule has 4 nitrogen and oxygen atoms in total. The highest BCUT2D eigenvalue weighted by Crippen LogP contribution is 2.10. The Kier molecular flexibility index (Phi) is 5.86. The van der Waals surface area contributed by atoms with Gasteiger partial charge in [-0.05, 0) is 29.8 Å². The van der Waals surface area contributed by atoms with E-state index in [1.807, 2.05) is 12.1 Å². The molecule has 2 aromatic rings. The molecule has 0 atom stereocenters. The minimum Gasteiger partial charge on any atom is -0.468 e. The zero-order chi connectivity index (χ0) is 15.9. The van der Waals surface area contributed by atoms with Crippen molar-refractivity contribution in [3.05, 3.63) is 59.5 Å². The average molecular weight is 313 g/mol. The fourth-order valence-corrected chi connectivity index (χ4v) is 3.03. The fraction of sp³-hybridized carbons (Fsp3) is 0.474. The molecule has 4 heteroatoms. The lowest BCUT2D eigenvalue weighted by Crippen LogP contribution is -2.45. The summed E-state index contributed by atoms with van der Waals surface area (Å²) >= 11 is 0. The molecule has 0 radical (unpaired) electrons. The summed E-state index contributed by atoms with van der Waals surface area (Å²) < 4.78 is 5.32. The smallest absolute Gasteiger partial charge is 0.117 e. The second-order valence-electron chi connectivity index (χ2n) is 6.21. The van der Waals surface area contributed by atoms with Crippen LogP contribution in [0, 0.1) is 0 Å². The number of benzene rings is 1. The van der Waals surface area contributed by atoms with Crippen LogP contribution in [0.25, 0.3) is 0 Å². The van der Waals surface area contributed by atoms with Crippen molar-refractivity contribution in [3.63, 3.8) is 0 Å². The topological polar surface area (TPSA) is 31.6 Å². The van der Waals surface area contributed by atoms with Gasteiger partial charge < -0.3 is 14.6 Å². The van der Waals surface area contributed by atoms with Gasteiger partial charge in [0.1, 0.15) is 5.76 Å². The molecule has 1 saturated heterocycles. The van der Waals surface area contributed by atoms with Gasteiger partial charge in [-0.15, -0.1) is 0 Å². The molecule has 1 aromatic heterocycles. The highest BCUT2D eigenvalue weighted by molar-refractivity contribution is 5.22. The summed E-state index contributed by atoms with van der Waals surface area (Å²) in [6.45, 7) is 10.9. The maximum absolute atomic E-state index is 5.32. The molecule has 1 fully saturated rings. The molecule has 0 spiro atoms. The fourth-order valence-electron chi connectivity index (χ4n) is 3.03. The van der Waals surface area contributed by atoms with Crippen molar-refractivity contribution in [2.45, 2.75) is 26.6 Å². The first-order valence-electron chi connectivity index (χ1n) is 8.59. The van der Waals surface area contributed by atoms with Gasteiger partial charge in [-0.1, -0.05) is 31.2 Å². The number of rotatable bonds is 7. The lowest BCUT2D eigenvalue weighted by Gasteiger charge is -2.34. The van der Waals surface area contributed by atoms with Gasteiger partial charge in [-0.2, -0.15) is 0 Å². The van der Waals surface area contributed by atoms with Crippen LogP contribution < -0.4 is 5.32 Å². The predicted molar refractivity (Wildman–Crippen MR) is 93.1 cm³/mol. The van der Waals surface area contributed by atoms with E-state index in [1.165, 1.54) is 43.9 Å². The van der Waals surface area contributed by atoms with Crippen molar-refractivity contribution in [2.75, 3.05) is 32.7 Å². The number of likely N-dealkylation sites (N-methyl/N-ethyl adjacent to an activating group) is 1. The summed E-state index contributed by atoms with van der Waals surface area (Å²) in [6, 6.07) is 12.9. The molecule has 1 aliphatic rings. The second kappa shape index (κ2) is 8.29. The predicted octanol–water partition coefficient (Wildman–Crippen LogP) is 2.71. The van der Waals surface area contributed by atoms with Crippen molar-refractivity contribution < 1.29 is 4.42 Å². The monoisotopic (exact) mass is 313 g/mol. The number of nitrogens with one attached hydrogen (secondary N) is 1. The molecule has 0 aliphatic carbocycles. The van der Waals surface area contributed by atoms with Gasteiger partial charge in [0.15, 0.2) is 0 Å². The van der Waals surface area contributed by atoms with Crippen LogP contribution in [-0.2, 0) is 19.6 Å². The van der Waals surface area contributed by atoms with E-state index in [9.17, 15) is 0 Å². The van der Waals surface area contributed by atoms with Crippen molar-refractivity contribution in [1.82, 2.24) is 15.1 Å². The Balaban J connectivity index is 1.42. The van der Waals surface area contributed by atoms with Gasteiger partial charge in [0.25, 0.3) is 0 Å². The highest BCUT2D eigenvalue weighted by atomic mass is 16.3. The van der Waals surface area contributed by atoms with Gasteiger partial charge in [-0.3, -0.25) is 4.90 Å². The minimum absolute atomic E-state index is 0.774. The van der Waals surface area contributed by atoms with Gasteiger partial charge in [-0.25, -0.2) is 0 Å². The average Bonchev–Trinajstić information content (AvgIpc) is 3.11. The van der Waals surface area contributed by atoms with Crippen LogP contribution in [0.5, 0.6) is 0 Å². The maximum Gasteiger partial charge on any atom is 0.117 e. The standard InChI is InChI=1S/C19H27N3O/c1-2-21-9-11-22(12-10-21)16-18-7-5-17(6-8-18)14-20-15-19-4-3-13-23-19/h3-8,13,20H,2,9-12,14-16H2,1H3. The summed E-state index contributed by atoms with van der Waals surface area (Å²) in [7, 11) is 0. The third-order valence-electron chi connectivity index (χ3n) is 4.55. The molecule has 2 heterocycles. The first-order chi connectivity index (χ1) is 11.3. The number of piperazine rings is 1. The molecule has 3 rings (SSSR count). The summed E-state index contributed by atoms with van der Waals surface area (Å²) in [5.41, 5.74) is 2.72. The Bertz CT molecular complexity index is 557. The molecule has 0 unspecified atom stereocenters. The van der Waals surface area contributed by atoms with Crippen LogP contribution in [0.2, 0.25) is 0 Å². The molecular formula is C19H27N3O. The molecule has 0 amide bonds. The number of hydrogen-bond donors (Lipinski definition) is 1. The Morgan fingerprint density at radius 1 is 0.913 bits per heavy atom. The third kappa shape index (κ3) is 4.93. The lowest BCUT2D eigenvalue weighted by molar-refractivity contribution is 0.132. The van der Waals surface area contributed by atoms with E-state index >= 15 is 0 Å². The van der Waals surface area contributed by atoms with E-state index in [4.69, 9.17) is 4.42 Å². The van der Waals surface area contributed by atoms with Crippen LogP contribution in [0.15, 0.2) is 47.1 Å². The molecule has 0 saturated carbocycles. The Morgan fingerprint density at radius 3 is 2.26 bits per heavy atom. The van der Waals surface area contributed by atoms with Gasteiger partial charge >= 0.3 is 0 Å². The van der Waals surface area contributed by atoms with E-state index in [0.717, 1.165) is 25.4 Å². The first-order valence-corrected chi connectivity index (χ1v) is 8.59. The van der Waals surface area contributed by atoms with Crippen molar-refractivity contribution in [3.8, 4) is 0 Å². The summed E-state index contributed by atoms with van der Waals surface area (Å²) in [5.74, 6) is 0.979. The molecule has 1 N–H and O–H groups in total.